The fourth-order valence-electron chi connectivity index (χ4n) is 3.71. The van der Waals surface area contributed by atoms with E-state index in [1.807, 2.05) is 19.1 Å². The van der Waals surface area contributed by atoms with Crippen molar-refractivity contribution in [2.75, 3.05) is 17.3 Å². The highest BCUT2D eigenvalue weighted by Crippen LogP contribution is 2.33. The van der Waals surface area contributed by atoms with Gasteiger partial charge >= 0.3 is 0 Å². The van der Waals surface area contributed by atoms with Gasteiger partial charge in [0.15, 0.2) is 0 Å². The lowest BCUT2D eigenvalue weighted by Crippen LogP contribution is -2.42. The van der Waals surface area contributed by atoms with Crippen molar-refractivity contribution in [3.05, 3.63) is 114 Å². The minimum absolute atomic E-state index is 0.0727. The number of ether oxygens (including phenoxy) is 1. The third-order valence-corrected chi connectivity index (χ3v) is 5.43. The molecule has 0 aliphatic carbocycles. The number of aryl methyl sites for hydroxylation is 1. The van der Waals surface area contributed by atoms with E-state index in [-0.39, 0.29) is 5.69 Å². The van der Waals surface area contributed by atoms with Crippen LogP contribution in [0.3, 0.4) is 0 Å². The van der Waals surface area contributed by atoms with Crippen molar-refractivity contribution in [1.82, 2.24) is 9.97 Å². The minimum atomic E-state index is -1.08. The first-order valence-corrected chi connectivity index (χ1v) is 10.8. The lowest BCUT2D eigenvalue weighted by atomic mass is 9.97. The summed E-state index contributed by atoms with van der Waals surface area (Å²) in [5.41, 5.74) is 2.33. The fourth-order valence-corrected chi connectivity index (χ4v) is 3.71. The maximum Gasteiger partial charge on any atom is 0.279 e. The first-order valence-electron chi connectivity index (χ1n) is 10.8. The van der Waals surface area contributed by atoms with E-state index in [2.05, 4.69) is 15.3 Å². The Bertz CT molecular complexity index is 1330. The van der Waals surface area contributed by atoms with Gasteiger partial charge in [-0.3, -0.25) is 19.5 Å². The van der Waals surface area contributed by atoms with Gasteiger partial charge in [-0.25, -0.2) is 9.37 Å². The van der Waals surface area contributed by atoms with Crippen molar-refractivity contribution in [3.8, 4) is 5.75 Å². The predicted octanol–water partition coefficient (Wildman–Crippen LogP) is 4.96. The molecule has 4 rings (SSSR count). The molecule has 7 nitrogen and oxygen atoms in total. The minimum Gasteiger partial charge on any atom is -0.497 e. The van der Waals surface area contributed by atoms with Gasteiger partial charge in [0.2, 0.25) is 0 Å². The van der Waals surface area contributed by atoms with Crippen molar-refractivity contribution < 1.29 is 18.7 Å². The number of methoxy groups -OCH3 is 1. The van der Waals surface area contributed by atoms with Crippen LogP contribution in [0, 0.1) is 12.7 Å². The van der Waals surface area contributed by atoms with Crippen LogP contribution in [0.1, 0.15) is 27.7 Å². The molecule has 1 aromatic heterocycles. The standard InChI is InChI=1S/C27H23FN4O3/c1-18-6-3-4-9-23(18)25(26(33)31-20-12-10-19(28)11-13-20)32(21-7-5-8-22(16-21)35-2)27(34)24-17-29-14-15-30-24/h3-17,25H,1-2H3,(H,31,33). The average molecular weight is 471 g/mol. The van der Waals surface area contributed by atoms with Crippen LogP contribution in [-0.4, -0.2) is 28.9 Å². The van der Waals surface area contributed by atoms with Crippen molar-refractivity contribution >= 4 is 23.2 Å². The smallest absolute Gasteiger partial charge is 0.279 e. The quantitative estimate of drug-likeness (QED) is 0.413. The molecule has 35 heavy (non-hydrogen) atoms. The molecule has 176 valence electrons. The van der Waals surface area contributed by atoms with Crippen LogP contribution in [0.5, 0.6) is 5.75 Å². The van der Waals surface area contributed by atoms with Crippen LogP contribution in [0.25, 0.3) is 0 Å². The first kappa shape index (κ1) is 23.6. The maximum atomic E-state index is 13.8. The van der Waals surface area contributed by atoms with Gasteiger partial charge in [0.1, 0.15) is 23.3 Å². The summed E-state index contributed by atoms with van der Waals surface area (Å²) in [5.74, 6) is -0.906. The molecule has 1 N–H and O–H groups in total. The second kappa shape index (κ2) is 10.6. The van der Waals surface area contributed by atoms with E-state index in [4.69, 9.17) is 4.74 Å². The summed E-state index contributed by atoms with van der Waals surface area (Å²) in [6, 6.07) is 18.5. The maximum absolute atomic E-state index is 13.8. The summed E-state index contributed by atoms with van der Waals surface area (Å²) >= 11 is 0. The Labute approximate surface area is 202 Å². The second-order valence-corrected chi connectivity index (χ2v) is 7.72. The first-order chi connectivity index (χ1) is 17.0. The molecule has 0 bridgehead atoms. The van der Waals surface area contributed by atoms with Gasteiger partial charge in [-0.1, -0.05) is 30.3 Å². The molecule has 0 aliphatic heterocycles. The summed E-state index contributed by atoms with van der Waals surface area (Å²) in [7, 11) is 1.52. The number of amides is 2. The molecule has 1 heterocycles. The van der Waals surface area contributed by atoms with E-state index in [0.717, 1.165) is 5.56 Å². The van der Waals surface area contributed by atoms with Crippen LogP contribution in [0.4, 0.5) is 15.8 Å². The van der Waals surface area contributed by atoms with Crippen LogP contribution < -0.4 is 15.0 Å². The Hall–Kier alpha value is -4.59. The Morgan fingerprint density at radius 1 is 1.00 bits per heavy atom. The zero-order valence-electron chi connectivity index (χ0n) is 19.2. The van der Waals surface area contributed by atoms with Crippen molar-refractivity contribution in [3.63, 3.8) is 0 Å². The Kier molecular flexibility index (Phi) is 7.11. The third-order valence-electron chi connectivity index (χ3n) is 5.43. The van der Waals surface area contributed by atoms with E-state index in [0.29, 0.717) is 22.7 Å². The van der Waals surface area contributed by atoms with Gasteiger partial charge in [-0.15, -0.1) is 0 Å². The van der Waals surface area contributed by atoms with Crippen LogP contribution in [0.2, 0.25) is 0 Å². The molecule has 0 aliphatic rings. The molecular formula is C27H23FN4O3. The Morgan fingerprint density at radius 2 is 1.77 bits per heavy atom. The molecule has 8 heteroatoms. The summed E-state index contributed by atoms with van der Waals surface area (Å²) in [5, 5.41) is 2.81. The largest absolute Gasteiger partial charge is 0.497 e. The zero-order valence-corrected chi connectivity index (χ0v) is 19.2. The summed E-state index contributed by atoms with van der Waals surface area (Å²) in [6.07, 6.45) is 4.23. The second-order valence-electron chi connectivity index (χ2n) is 7.72. The van der Waals surface area contributed by atoms with Crippen molar-refractivity contribution in [1.29, 1.82) is 0 Å². The number of anilines is 2. The monoisotopic (exact) mass is 470 g/mol. The number of nitrogens with zero attached hydrogens (tertiary/aromatic N) is 3. The number of nitrogens with one attached hydrogen (secondary N) is 1. The van der Waals surface area contributed by atoms with Crippen molar-refractivity contribution in [2.24, 2.45) is 0 Å². The van der Waals surface area contributed by atoms with E-state index in [9.17, 15) is 14.0 Å². The number of hydrogen-bond acceptors (Lipinski definition) is 5. The summed E-state index contributed by atoms with van der Waals surface area (Å²) in [4.78, 5) is 37.2. The number of hydrogen-bond donors (Lipinski definition) is 1. The summed E-state index contributed by atoms with van der Waals surface area (Å²) < 4.78 is 18.8. The van der Waals surface area contributed by atoms with Crippen molar-refractivity contribution in [2.45, 2.75) is 13.0 Å². The highest BCUT2D eigenvalue weighted by molar-refractivity contribution is 6.11. The number of carbonyl (C=O) groups excluding carboxylic acids is 2. The fraction of sp³-hybridized carbons (Fsp3) is 0.111. The van der Waals surface area contributed by atoms with Gasteiger partial charge in [0, 0.05) is 29.8 Å². The zero-order chi connectivity index (χ0) is 24.8. The van der Waals surface area contributed by atoms with Gasteiger partial charge in [0.25, 0.3) is 11.8 Å². The number of rotatable bonds is 7. The molecular weight excluding hydrogens is 447 g/mol. The van der Waals surface area contributed by atoms with Gasteiger partial charge < -0.3 is 10.1 Å². The van der Waals surface area contributed by atoms with Gasteiger partial charge in [0.05, 0.1) is 13.3 Å². The molecule has 0 saturated carbocycles. The molecule has 4 aromatic rings. The number of halogens is 1. The Morgan fingerprint density at radius 3 is 2.46 bits per heavy atom. The van der Waals surface area contributed by atoms with Crippen LogP contribution in [-0.2, 0) is 4.79 Å². The van der Waals surface area contributed by atoms with Gasteiger partial charge in [-0.2, -0.15) is 0 Å². The van der Waals surface area contributed by atoms with E-state index >= 15 is 0 Å². The van der Waals surface area contributed by atoms with E-state index in [1.54, 1.807) is 36.4 Å². The number of aromatic nitrogens is 2. The highest BCUT2D eigenvalue weighted by atomic mass is 19.1. The molecule has 3 aromatic carbocycles. The van der Waals surface area contributed by atoms with E-state index in [1.165, 1.54) is 54.9 Å². The molecule has 1 unspecified atom stereocenters. The normalized spacial score (nSPS) is 11.4. The lowest BCUT2D eigenvalue weighted by Gasteiger charge is -2.32. The molecule has 2 amide bonds. The van der Waals surface area contributed by atoms with Crippen LogP contribution in [0.15, 0.2) is 91.4 Å². The third kappa shape index (κ3) is 5.33. The lowest BCUT2D eigenvalue weighted by molar-refractivity contribution is -0.117. The predicted molar refractivity (Wildman–Crippen MR) is 131 cm³/mol. The topological polar surface area (TPSA) is 84.4 Å². The van der Waals surface area contributed by atoms with Gasteiger partial charge in [-0.05, 0) is 54.4 Å². The summed E-state index contributed by atoms with van der Waals surface area (Å²) in [6.45, 7) is 1.87. The molecule has 0 saturated heterocycles. The van der Waals surface area contributed by atoms with E-state index < -0.39 is 23.7 Å². The molecule has 0 radical (unpaired) electrons. The number of benzene rings is 3. The number of carbonyl (C=O) groups is 2. The SMILES string of the molecule is COc1cccc(N(C(=O)c2cnccn2)C(C(=O)Nc2ccc(F)cc2)c2ccccc2C)c1. The Balaban J connectivity index is 1.87. The molecule has 1 atom stereocenters. The molecule has 0 fully saturated rings. The molecule has 0 spiro atoms. The highest BCUT2D eigenvalue weighted by Gasteiger charge is 2.35. The average Bonchev–Trinajstić information content (AvgIpc) is 2.89. The van der Waals surface area contributed by atoms with Crippen LogP contribution >= 0.6 is 0 Å².